The minimum Gasteiger partial charge on any atom is -0.456 e. The third-order valence-electron chi connectivity index (χ3n) is 23.3. The van der Waals surface area contributed by atoms with E-state index in [1.54, 1.807) is 0 Å². The molecule has 0 radical (unpaired) electrons. The molecule has 117 heavy (non-hydrogen) atoms. The number of aromatic nitrogens is 3. The number of furan rings is 1. The Morgan fingerprint density at radius 2 is 0.718 bits per heavy atom. The molecule has 16 aromatic carbocycles. The molecule has 0 N–H and O–H groups in total. The van der Waals surface area contributed by atoms with Crippen LogP contribution < -0.4 is 4.90 Å². The number of rotatable bonds is 17. The van der Waals surface area contributed by atoms with Crippen LogP contribution in [0.15, 0.2) is 362 Å². The highest BCUT2D eigenvalue weighted by Gasteiger charge is 2.29. The Bertz CT molecular complexity index is 6540. The number of benzene rings is 16. The van der Waals surface area contributed by atoms with Crippen molar-refractivity contribution in [3.63, 3.8) is 0 Å². The molecule has 19 aromatic rings. The molecule has 3 heterocycles. The molecule has 19 rings (SSSR count). The van der Waals surface area contributed by atoms with Crippen LogP contribution >= 0.6 is 11.7 Å². The summed E-state index contributed by atoms with van der Waals surface area (Å²) in [5, 5.41) is 4.42. The van der Waals surface area contributed by atoms with Crippen molar-refractivity contribution < 1.29 is 9.15 Å². The van der Waals surface area contributed by atoms with Crippen molar-refractivity contribution in [2.75, 3.05) is 4.90 Å². The lowest BCUT2D eigenvalue weighted by molar-refractivity contribution is 0.107. The molecule has 6 nitrogen and oxygen atoms in total. The number of fused-ring (bicyclic) bond motifs is 7. The van der Waals surface area contributed by atoms with Gasteiger partial charge in [-0.1, -0.05) is 305 Å². The van der Waals surface area contributed by atoms with Gasteiger partial charge in [0.2, 0.25) is 0 Å². The van der Waals surface area contributed by atoms with Gasteiger partial charge in [0.15, 0.2) is 0 Å². The van der Waals surface area contributed by atoms with Gasteiger partial charge in [0, 0.05) is 55.2 Å². The molecule has 0 spiro atoms. The molecule has 0 aliphatic rings. The molecule has 568 valence electrons. The number of hydrogen-bond donors (Lipinski definition) is 0. The average Bonchev–Trinajstić information content (AvgIpc) is 1.39. The number of nitrogens with zero attached hydrogens (tertiary/aromatic N) is 4. The van der Waals surface area contributed by atoms with E-state index < -0.39 is 0 Å². The summed E-state index contributed by atoms with van der Waals surface area (Å²) in [6.45, 7) is 21.5. The first-order valence-corrected chi connectivity index (χ1v) is 41.3. The predicted molar refractivity (Wildman–Crippen MR) is 494 cm³/mol. The fourth-order valence-electron chi connectivity index (χ4n) is 16.9. The summed E-state index contributed by atoms with van der Waals surface area (Å²) in [5.41, 5.74) is 35.7. The minimum atomic E-state index is -0.176. The summed E-state index contributed by atoms with van der Waals surface area (Å²) in [6, 6.07) is 131. The van der Waals surface area contributed by atoms with E-state index in [2.05, 4.69) is 418 Å². The molecule has 0 bridgehead atoms. The molecule has 7 heteroatoms. The van der Waals surface area contributed by atoms with Crippen LogP contribution in [0, 0.1) is 0 Å². The van der Waals surface area contributed by atoms with E-state index in [0.29, 0.717) is 13.2 Å². The fraction of sp³-hybridized carbons (Fsp3) is 0.127. The molecule has 0 aliphatic carbocycles. The highest BCUT2D eigenvalue weighted by molar-refractivity contribution is 7.00. The zero-order valence-corrected chi connectivity index (χ0v) is 68.3. The first-order chi connectivity index (χ1) is 56.9. The molecule has 0 atom stereocenters. The van der Waals surface area contributed by atoms with Crippen molar-refractivity contribution in [3.8, 4) is 106 Å². The van der Waals surface area contributed by atoms with E-state index >= 15 is 0 Å². The van der Waals surface area contributed by atoms with Crippen molar-refractivity contribution in [2.24, 2.45) is 0 Å². The van der Waals surface area contributed by atoms with E-state index in [4.69, 9.17) is 17.9 Å². The van der Waals surface area contributed by atoms with Gasteiger partial charge in [0.1, 0.15) is 22.2 Å². The van der Waals surface area contributed by atoms with Crippen LogP contribution in [0.5, 0.6) is 0 Å². The Hall–Kier alpha value is -13.3. The SMILES string of the molecule is CC(C)(C)c1ccc(-c2cc(C(C)(C)C)cc(-c3ccc(C(C)(C)C)cc3)c2-n2c3ccc(COCc4cccc5c4oc4ccccc45)cc3c3cc(-c4ccc(N(c5ccc(-c6cc(-c7ccccc7)cc(-c7ccccc7)c6)cc5)c5ccc(-c6cc(-c7ccccc7)cc(-c7ccccc7)c6)cc5)c5nsnc45)ccc32)cc1. The van der Waals surface area contributed by atoms with Gasteiger partial charge >= 0.3 is 0 Å². The van der Waals surface area contributed by atoms with Crippen LogP contribution in [-0.4, -0.2) is 13.3 Å². The van der Waals surface area contributed by atoms with Gasteiger partial charge in [-0.15, -0.1) is 0 Å². The summed E-state index contributed by atoms with van der Waals surface area (Å²) in [6.07, 6.45) is 0. The molecule has 0 amide bonds. The largest absolute Gasteiger partial charge is 0.456 e. The second-order valence-corrected chi connectivity index (χ2v) is 34.7. The molecular formula is C110H90N4O2S. The lowest BCUT2D eigenvalue weighted by Gasteiger charge is -2.27. The first kappa shape index (κ1) is 73.8. The van der Waals surface area contributed by atoms with Crippen molar-refractivity contribution in [1.29, 1.82) is 0 Å². The van der Waals surface area contributed by atoms with Gasteiger partial charge in [-0.2, -0.15) is 8.75 Å². The third-order valence-corrected chi connectivity index (χ3v) is 23.9. The Morgan fingerprint density at radius 1 is 0.308 bits per heavy atom. The molecule has 0 aliphatic heterocycles. The number of para-hydroxylation sites is 2. The average molecular weight is 1530 g/mol. The van der Waals surface area contributed by atoms with Gasteiger partial charge in [-0.3, -0.25) is 0 Å². The van der Waals surface area contributed by atoms with Crippen LogP contribution in [0.4, 0.5) is 17.1 Å². The Kier molecular flexibility index (Phi) is 19.0. The maximum Gasteiger partial charge on any atom is 0.140 e. The zero-order valence-electron chi connectivity index (χ0n) is 67.5. The predicted octanol–water partition coefficient (Wildman–Crippen LogP) is 30.8. The Balaban J connectivity index is 0.775. The number of anilines is 3. The maximum atomic E-state index is 6.80. The van der Waals surface area contributed by atoms with E-state index in [9.17, 15) is 0 Å². The molecule has 0 saturated carbocycles. The quantitative estimate of drug-likeness (QED) is 0.0909. The zero-order chi connectivity index (χ0) is 79.7. The van der Waals surface area contributed by atoms with Gasteiger partial charge in [0.25, 0.3) is 0 Å². The Morgan fingerprint density at radius 3 is 1.20 bits per heavy atom. The second kappa shape index (κ2) is 30.1. The lowest BCUT2D eigenvalue weighted by Crippen LogP contribution is -2.13. The Labute approximate surface area is 689 Å². The topological polar surface area (TPSA) is 56.3 Å². The van der Waals surface area contributed by atoms with E-state index in [1.807, 2.05) is 12.1 Å². The van der Waals surface area contributed by atoms with Crippen LogP contribution in [0.1, 0.15) is 90.1 Å². The fourth-order valence-corrected chi connectivity index (χ4v) is 17.5. The normalized spacial score (nSPS) is 12.1. The van der Waals surface area contributed by atoms with E-state index in [-0.39, 0.29) is 16.2 Å². The van der Waals surface area contributed by atoms with Gasteiger partial charge in [0.05, 0.1) is 47.4 Å². The summed E-state index contributed by atoms with van der Waals surface area (Å²) >= 11 is 1.25. The number of hydrogen-bond acceptors (Lipinski definition) is 6. The molecule has 0 fully saturated rings. The van der Waals surface area contributed by atoms with Crippen molar-refractivity contribution in [2.45, 2.75) is 91.8 Å². The van der Waals surface area contributed by atoms with E-state index in [0.717, 1.165) is 167 Å². The highest BCUT2D eigenvalue weighted by Crippen LogP contribution is 2.49. The number of ether oxygens (including phenoxy) is 1. The summed E-state index contributed by atoms with van der Waals surface area (Å²) in [5.74, 6) is 0. The van der Waals surface area contributed by atoms with Crippen molar-refractivity contribution in [1.82, 2.24) is 13.3 Å². The molecule has 0 saturated heterocycles. The van der Waals surface area contributed by atoms with Gasteiger partial charge in [-0.25, -0.2) is 0 Å². The highest BCUT2D eigenvalue weighted by atomic mass is 32.1. The molecule has 3 aromatic heterocycles. The summed E-state index contributed by atoms with van der Waals surface area (Å²) in [4.78, 5) is 2.36. The summed E-state index contributed by atoms with van der Waals surface area (Å²) in [7, 11) is 0. The summed E-state index contributed by atoms with van der Waals surface area (Å²) < 4.78 is 26.5. The van der Waals surface area contributed by atoms with Gasteiger partial charge in [-0.05, 0) is 237 Å². The van der Waals surface area contributed by atoms with Crippen LogP contribution in [0.3, 0.4) is 0 Å². The first-order valence-electron chi connectivity index (χ1n) is 40.6. The van der Waals surface area contributed by atoms with Gasteiger partial charge < -0.3 is 18.6 Å². The standard InChI is InChI=1S/C110H90N4O2S/c1-108(2,3)88-47-38-78(39-48-88)96-67-90(110(7,8)9)68-97(79-40-49-89(50-41-79)109(4,5)6)106(96)114-100-56-37-71(69-115-70-81-33-24-35-95-94-34-22-23-36-103(94)116-107(81)95)59-98(100)99-66-80(46-57-101(99)114)93-55-58-102(105-104(93)111-117-112-105)113(91-51-42-76(43-52-91)86-62-82(72-25-14-10-15-26-72)60-83(63-86)73-27-16-11-17-28-73)92-53-44-77(45-54-92)87-64-84(74-29-18-12-19-30-74)61-85(65-87)75-31-20-13-21-32-75/h10-68H,69-70H2,1-9H3. The van der Waals surface area contributed by atoms with Crippen LogP contribution in [0.25, 0.3) is 161 Å². The maximum absolute atomic E-state index is 6.80. The smallest absolute Gasteiger partial charge is 0.140 e. The molecule has 0 unspecified atom stereocenters. The molecular weight excluding hydrogens is 1440 g/mol. The van der Waals surface area contributed by atoms with Crippen LogP contribution in [0.2, 0.25) is 0 Å². The van der Waals surface area contributed by atoms with Crippen molar-refractivity contribution in [3.05, 3.63) is 386 Å². The van der Waals surface area contributed by atoms with E-state index in [1.165, 1.54) is 50.7 Å². The third kappa shape index (κ3) is 14.4. The van der Waals surface area contributed by atoms with Crippen molar-refractivity contribution >= 4 is 83.6 Å². The second-order valence-electron chi connectivity index (χ2n) is 34.2. The van der Waals surface area contributed by atoms with Crippen LogP contribution in [-0.2, 0) is 34.2 Å². The monoisotopic (exact) mass is 1530 g/mol. The minimum absolute atomic E-state index is 0.0298. The lowest BCUT2D eigenvalue weighted by atomic mass is 9.81.